The molecule has 2 saturated heterocycles. The minimum absolute atomic E-state index is 0.170. The van der Waals surface area contributed by atoms with Crippen LogP contribution in [0.5, 0.6) is 0 Å². The highest BCUT2D eigenvalue weighted by Gasteiger charge is 2.51. The summed E-state index contributed by atoms with van der Waals surface area (Å²) in [6, 6.07) is 11.7. The molecule has 2 aliphatic rings. The van der Waals surface area contributed by atoms with Crippen molar-refractivity contribution >= 4 is 56.8 Å². The quantitative estimate of drug-likeness (QED) is 0.599. The maximum absolute atomic E-state index is 12.8. The number of benzene rings is 2. The number of amides is 3. The highest BCUT2D eigenvalue weighted by atomic mass is 79.9. The molecule has 2 fully saturated rings. The lowest BCUT2D eigenvalue weighted by Gasteiger charge is -2.18. The van der Waals surface area contributed by atoms with E-state index in [2.05, 4.69) is 15.9 Å². The van der Waals surface area contributed by atoms with E-state index in [9.17, 15) is 9.59 Å². The lowest BCUT2D eigenvalue weighted by atomic mass is 10.1. The van der Waals surface area contributed by atoms with Crippen LogP contribution in [0.15, 0.2) is 46.9 Å². The van der Waals surface area contributed by atoms with Gasteiger partial charge in [0.1, 0.15) is 6.04 Å². The highest BCUT2D eigenvalue weighted by molar-refractivity contribution is 9.10. The van der Waals surface area contributed by atoms with Gasteiger partial charge in [-0.15, -0.1) is 0 Å². The van der Waals surface area contributed by atoms with Gasteiger partial charge >= 0.3 is 6.03 Å². The number of nitrogens with zero attached hydrogens (tertiary/aromatic N) is 2. The highest BCUT2D eigenvalue weighted by Crippen LogP contribution is 2.35. The smallest absolute Gasteiger partial charge is 0.332 e. The van der Waals surface area contributed by atoms with Gasteiger partial charge in [0.15, 0.2) is 0 Å². The number of ether oxygens (including phenoxy) is 1. The Hall–Kier alpha value is -1.60. The van der Waals surface area contributed by atoms with Gasteiger partial charge in [0.2, 0.25) is 0 Å². The normalized spacial score (nSPS) is 21.9. The predicted molar refractivity (Wildman–Crippen MR) is 107 cm³/mol. The van der Waals surface area contributed by atoms with E-state index in [4.69, 9.17) is 27.9 Å². The van der Waals surface area contributed by atoms with Crippen LogP contribution in [0.4, 0.5) is 10.5 Å². The van der Waals surface area contributed by atoms with Crippen LogP contribution in [-0.2, 0) is 16.1 Å². The van der Waals surface area contributed by atoms with Crippen LogP contribution in [0.25, 0.3) is 0 Å². The fourth-order valence-corrected chi connectivity index (χ4v) is 4.22. The Labute approximate surface area is 174 Å². The molecule has 5 nitrogen and oxygen atoms in total. The summed E-state index contributed by atoms with van der Waals surface area (Å²) in [6.45, 7) is 0.824. The Morgan fingerprint density at radius 3 is 2.37 bits per heavy atom. The van der Waals surface area contributed by atoms with Gasteiger partial charge in [-0.1, -0.05) is 51.3 Å². The van der Waals surface area contributed by atoms with Crippen LogP contribution in [0.3, 0.4) is 0 Å². The molecule has 0 radical (unpaired) electrons. The molecular weight excluding hydrogens is 455 g/mol. The minimum Gasteiger partial charge on any atom is -0.372 e. The molecule has 4 rings (SSSR count). The number of hydrogen-bond donors (Lipinski definition) is 0. The van der Waals surface area contributed by atoms with Gasteiger partial charge in [0, 0.05) is 27.5 Å². The zero-order chi connectivity index (χ0) is 19.1. The fraction of sp³-hybridized carbons (Fsp3) is 0.263. The first kappa shape index (κ1) is 18.7. The van der Waals surface area contributed by atoms with Crippen molar-refractivity contribution in [3.63, 3.8) is 0 Å². The van der Waals surface area contributed by atoms with Crippen LogP contribution in [0, 0.1) is 0 Å². The van der Waals surface area contributed by atoms with E-state index in [1.807, 2.05) is 24.3 Å². The van der Waals surface area contributed by atoms with Crippen LogP contribution in [0.1, 0.15) is 12.0 Å². The standard InChI is InChI=1S/C19H15BrCl2N2O3/c20-12-3-1-11(2-4-12)10-27-16-8-17-18(25)24(19(26)23(17)9-16)15-6-13(21)5-14(22)7-15/h1-7,16-17H,8-10H2. The number of rotatable bonds is 4. The van der Waals surface area contributed by atoms with E-state index in [0.29, 0.717) is 35.3 Å². The van der Waals surface area contributed by atoms with Crippen molar-refractivity contribution in [3.8, 4) is 0 Å². The van der Waals surface area contributed by atoms with Crippen molar-refractivity contribution in [3.05, 3.63) is 62.5 Å². The van der Waals surface area contributed by atoms with Crippen LogP contribution in [-0.4, -0.2) is 35.5 Å². The second-order valence-corrected chi connectivity index (χ2v) is 8.34. The van der Waals surface area contributed by atoms with E-state index < -0.39 is 6.04 Å². The average Bonchev–Trinajstić information content (AvgIpc) is 3.13. The molecule has 0 aromatic heterocycles. The van der Waals surface area contributed by atoms with Gasteiger partial charge in [-0.2, -0.15) is 0 Å². The van der Waals surface area contributed by atoms with Crippen molar-refractivity contribution in [2.24, 2.45) is 0 Å². The van der Waals surface area contributed by atoms with Crippen molar-refractivity contribution < 1.29 is 14.3 Å². The number of imide groups is 1. The molecule has 2 aromatic carbocycles. The fourth-order valence-electron chi connectivity index (χ4n) is 3.44. The summed E-state index contributed by atoms with van der Waals surface area (Å²) in [6.07, 6.45) is 0.308. The second-order valence-electron chi connectivity index (χ2n) is 6.55. The summed E-state index contributed by atoms with van der Waals surface area (Å²) < 4.78 is 6.92. The monoisotopic (exact) mass is 468 g/mol. The van der Waals surface area contributed by atoms with Crippen LogP contribution < -0.4 is 4.90 Å². The largest absolute Gasteiger partial charge is 0.372 e. The maximum atomic E-state index is 12.8. The first-order valence-electron chi connectivity index (χ1n) is 8.39. The SMILES string of the molecule is O=C1C2CC(OCc3ccc(Br)cc3)CN2C(=O)N1c1cc(Cl)cc(Cl)c1. The molecule has 2 unspecified atom stereocenters. The van der Waals surface area contributed by atoms with E-state index in [-0.39, 0.29) is 18.0 Å². The number of anilines is 1. The molecule has 0 bridgehead atoms. The third kappa shape index (κ3) is 3.72. The number of fused-ring (bicyclic) bond motifs is 1. The molecule has 3 amide bonds. The summed E-state index contributed by atoms with van der Waals surface area (Å²) >= 11 is 15.4. The lowest BCUT2D eigenvalue weighted by molar-refractivity contribution is -0.119. The van der Waals surface area contributed by atoms with E-state index in [1.54, 1.807) is 23.1 Å². The molecule has 27 heavy (non-hydrogen) atoms. The van der Waals surface area contributed by atoms with E-state index in [0.717, 1.165) is 14.9 Å². The van der Waals surface area contributed by atoms with Crippen molar-refractivity contribution in [2.75, 3.05) is 11.4 Å². The van der Waals surface area contributed by atoms with Crippen molar-refractivity contribution in [1.29, 1.82) is 0 Å². The molecule has 0 spiro atoms. The zero-order valence-electron chi connectivity index (χ0n) is 14.1. The van der Waals surface area contributed by atoms with E-state index in [1.165, 1.54) is 0 Å². The molecular formula is C19H15BrCl2N2O3. The molecule has 140 valence electrons. The number of carbonyl (C=O) groups is 2. The summed E-state index contributed by atoms with van der Waals surface area (Å²) in [5.41, 5.74) is 1.43. The molecule has 2 atom stereocenters. The molecule has 0 saturated carbocycles. The summed E-state index contributed by atoms with van der Waals surface area (Å²) in [5.74, 6) is -0.270. The van der Waals surface area contributed by atoms with Crippen molar-refractivity contribution in [1.82, 2.24) is 4.90 Å². The van der Waals surface area contributed by atoms with E-state index >= 15 is 0 Å². The molecule has 2 heterocycles. The lowest BCUT2D eigenvalue weighted by Crippen LogP contribution is -2.35. The molecule has 2 aromatic rings. The first-order chi connectivity index (χ1) is 12.9. The number of carbonyl (C=O) groups excluding carboxylic acids is 2. The molecule has 0 aliphatic carbocycles. The van der Waals surface area contributed by atoms with Crippen LogP contribution >= 0.6 is 39.1 Å². The number of hydrogen-bond acceptors (Lipinski definition) is 3. The van der Waals surface area contributed by atoms with Crippen LogP contribution in [0.2, 0.25) is 10.0 Å². The Balaban J connectivity index is 1.44. The first-order valence-corrected chi connectivity index (χ1v) is 9.94. The number of halogens is 3. The Morgan fingerprint density at radius 2 is 1.74 bits per heavy atom. The summed E-state index contributed by atoms with van der Waals surface area (Å²) in [5, 5.41) is 0.752. The Morgan fingerprint density at radius 1 is 1.07 bits per heavy atom. The number of urea groups is 1. The third-order valence-electron chi connectivity index (χ3n) is 4.71. The zero-order valence-corrected chi connectivity index (χ0v) is 17.2. The Bertz CT molecular complexity index is 862. The maximum Gasteiger partial charge on any atom is 0.332 e. The Kier molecular flexibility index (Phi) is 5.16. The summed E-state index contributed by atoms with van der Waals surface area (Å²) in [4.78, 5) is 28.3. The molecule has 8 heteroatoms. The topological polar surface area (TPSA) is 49.9 Å². The summed E-state index contributed by atoms with van der Waals surface area (Å²) in [7, 11) is 0. The van der Waals surface area contributed by atoms with Crippen molar-refractivity contribution in [2.45, 2.75) is 25.2 Å². The third-order valence-corrected chi connectivity index (χ3v) is 5.67. The van der Waals surface area contributed by atoms with Gasteiger partial charge in [-0.05, 0) is 35.9 Å². The van der Waals surface area contributed by atoms with Gasteiger partial charge in [-0.3, -0.25) is 4.79 Å². The van der Waals surface area contributed by atoms with Gasteiger partial charge in [-0.25, -0.2) is 9.69 Å². The van der Waals surface area contributed by atoms with Gasteiger partial charge in [0.05, 0.1) is 18.4 Å². The molecule has 2 aliphatic heterocycles. The van der Waals surface area contributed by atoms with Gasteiger partial charge < -0.3 is 9.64 Å². The average molecular weight is 470 g/mol. The van der Waals surface area contributed by atoms with Gasteiger partial charge in [0.25, 0.3) is 5.91 Å². The molecule has 0 N–H and O–H groups in total. The minimum atomic E-state index is -0.509. The second kappa shape index (κ2) is 7.43. The predicted octanol–water partition coefficient (Wildman–Crippen LogP) is 4.88.